The monoisotopic (exact) mass is 1470 g/mol. The normalized spacial score (nSPS) is 34.1. The zero-order valence-corrected chi connectivity index (χ0v) is 70.3. The largest absolute Gasteiger partial charge is 0.393 e. The van der Waals surface area contributed by atoms with E-state index in [2.05, 4.69) is 239 Å². The van der Waals surface area contributed by atoms with Crippen molar-refractivity contribution >= 4 is 60.3 Å². The highest BCUT2D eigenvalue weighted by Gasteiger charge is 2.61. The summed E-state index contributed by atoms with van der Waals surface area (Å²) in [6.45, 7) is 41.8. The molecule has 2 N–H and O–H groups in total. The maximum atomic E-state index is 11.7. The lowest BCUT2D eigenvalue weighted by Gasteiger charge is -2.37. The zero-order chi connectivity index (χ0) is 72.8. The Kier molecular flexibility index (Phi) is 25.4. The molecule has 1 spiro atoms. The van der Waals surface area contributed by atoms with E-state index in [1.54, 1.807) is 9.79 Å². The van der Waals surface area contributed by atoms with Gasteiger partial charge in [0.25, 0.3) is 0 Å². The van der Waals surface area contributed by atoms with Crippen LogP contribution in [0.3, 0.4) is 0 Å². The van der Waals surface area contributed by atoms with Gasteiger partial charge in [0.1, 0.15) is 63.9 Å². The third kappa shape index (κ3) is 19.6. The quantitative estimate of drug-likeness (QED) is 0.120. The average Bonchev–Trinajstić information content (AvgIpc) is 1.61. The fraction of sp³-hybridized carbons (Fsp3) is 0.659. The van der Waals surface area contributed by atoms with Crippen LogP contribution in [-0.2, 0) is 95.8 Å². The fourth-order valence-electron chi connectivity index (χ4n) is 18.6. The lowest BCUT2D eigenvalue weighted by atomic mass is 9.87. The van der Waals surface area contributed by atoms with Crippen LogP contribution in [0.25, 0.3) is 0 Å². The molecule has 15 rings (SSSR count). The van der Waals surface area contributed by atoms with Gasteiger partial charge in [-0.1, -0.05) is 178 Å². The molecule has 0 amide bonds. The molecule has 10 saturated heterocycles. The summed E-state index contributed by atoms with van der Waals surface area (Å²) in [5, 5.41) is 28.0. The van der Waals surface area contributed by atoms with E-state index in [0.717, 1.165) is 76.6 Å². The van der Waals surface area contributed by atoms with Crippen molar-refractivity contribution in [1.29, 1.82) is 0 Å². The topological polar surface area (TPSA) is 79.3 Å². The van der Waals surface area contributed by atoms with E-state index in [-0.39, 0.29) is 44.1 Å². The van der Waals surface area contributed by atoms with Crippen LogP contribution in [0.15, 0.2) is 146 Å². The highest BCUT2D eigenvalue weighted by Crippen LogP contribution is 2.53. The van der Waals surface area contributed by atoms with Crippen molar-refractivity contribution in [2.24, 2.45) is 0 Å². The molecule has 0 aromatic heterocycles. The van der Waals surface area contributed by atoms with Crippen LogP contribution >= 0.6 is 0 Å². The number of fused-ring (bicyclic) bond motifs is 8. The zero-order valence-electron chi connectivity index (χ0n) is 66.2. The van der Waals surface area contributed by atoms with Gasteiger partial charge in [-0.25, -0.2) is 0 Å². The number of benzene rings is 5. The Hall–Kier alpha value is -2.64. The Morgan fingerprint density at radius 3 is 1.04 bits per heavy atom. The van der Waals surface area contributed by atoms with Crippen LogP contribution in [-0.4, -0.2) is 106 Å². The molecule has 8 bridgehead atoms. The van der Waals surface area contributed by atoms with Crippen molar-refractivity contribution in [3.63, 3.8) is 0 Å². The van der Waals surface area contributed by atoms with Crippen LogP contribution in [0.4, 0.5) is 0 Å². The number of hydrogen-bond donors (Lipinski definition) is 2. The number of aliphatic hydroxyl groups is 2. The molecular formula is C91H135O5S5+5. The van der Waals surface area contributed by atoms with E-state index in [0.29, 0.717) is 82.1 Å². The summed E-state index contributed by atoms with van der Waals surface area (Å²) in [7, 11) is 3.83. The van der Waals surface area contributed by atoms with Crippen molar-refractivity contribution in [1.82, 2.24) is 0 Å². The number of hydrogen-bond acceptors (Lipinski definition) is 5. The Morgan fingerprint density at radius 1 is 0.436 bits per heavy atom. The number of carbonyl (C=O) groups is 1. The van der Waals surface area contributed by atoms with Gasteiger partial charge < -0.3 is 19.7 Å². The van der Waals surface area contributed by atoms with Crippen LogP contribution in [0.1, 0.15) is 287 Å². The Labute approximate surface area is 629 Å². The molecule has 10 heteroatoms. The van der Waals surface area contributed by atoms with E-state index in [1.165, 1.54) is 139 Å². The Morgan fingerprint density at radius 2 is 0.733 bits per heavy atom. The Balaban J connectivity index is 0.000000127. The minimum Gasteiger partial charge on any atom is -0.393 e. The lowest BCUT2D eigenvalue weighted by molar-refractivity contribution is -0.119. The SMILES string of the molecule is CC(C)(C)c1ccc([S+]2C3CCC2CC(=O)C3)cc1.CC(C)(C)c1ccc([S+]2C3CCC2CC(O)C3)cc1.CC(C)(C)c1ccc([S+]2C3CCCC2CC2(CO2)C3)cc1.CCCC1CC(C)(O)CC(C)[S+]1c1ccc(C(C)(C)C)cc1.COC1CC2CCC(C1)[S+]2c1ccc(C(C)(C)C)cc1. The summed E-state index contributed by atoms with van der Waals surface area (Å²) in [5.41, 5.74) is 8.18. The van der Waals surface area contributed by atoms with Crippen LogP contribution in [0, 0.1) is 0 Å². The number of epoxide rings is 1. The highest BCUT2D eigenvalue weighted by molar-refractivity contribution is 7.99. The second-order valence-electron chi connectivity index (χ2n) is 37.8. The molecule has 0 saturated carbocycles. The molecule has 10 aliphatic heterocycles. The summed E-state index contributed by atoms with van der Waals surface area (Å²) in [6, 6.07) is 47.0. The molecule has 5 aromatic carbocycles. The number of aliphatic hydroxyl groups excluding tert-OH is 1. The van der Waals surface area contributed by atoms with Gasteiger partial charge in [0, 0.05) is 151 Å². The van der Waals surface area contributed by atoms with Gasteiger partial charge in [-0.2, -0.15) is 0 Å². The van der Waals surface area contributed by atoms with Crippen LogP contribution in [0.2, 0.25) is 0 Å². The summed E-state index contributed by atoms with van der Waals surface area (Å²) < 4.78 is 11.5. The highest BCUT2D eigenvalue weighted by atomic mass is 32.2. The van der Waals surface area contributed by atoms with Gasteiger partial charge in [0.05, 0.1) is 37.3 Å². The Bertz CT molecular complexity index is 3410. The number of methoxy groups -OCH3 is 1. The molecule has 5 aromatic rings. The summed E-state index contributed by atoms with van der Waals surface area (Å²) in [6.07, 6.45) is 26.0. The maximum Gasteiger partial charge on any atom is 0.155 e. The standard InChI is InChI=1S/C20H33OS.C19H27OS.C18H27OS.C17H25OS.C17H23OS/c1-7-8-18-14-20(6,21)13-15(2)22(18)17-11-9-16(10-12-17)19(3,4)5;1-18(2,3)14-7-9-15(10-8-14)21-16-5-4-6-17(21)12-19(11-16)13-20-19;1-18(2,3)13-5-7-15(8-6-13)20-16-9-10-17(20)12-14(11-16)19-4;2*1-17(2,3)12-4-6-14(7-5-12)19-15-8-9-16(19)11-13(18)10-15/h9-12,15,18,21H,7-8,13-14H2,1-6H3;7-10,16-17H,4-6,11-13H2,1-3H3;5-8,14,16-17H,9-12H2,1-4H3;4-7,13,15-16,18H,8-11H2,1-3H3;4-7,15-16H,8-11H2,1-3H3/q5*+1. The molecule has 10 heterocycles. The molecule has 12 atom stereocenters. The van der Waals surface area contributed by atoms with Gasteiger partial charge >= 0.3 is 0 Å². The first-order valence-electron chi connectivity index (χ1n) is 39.7. The summed E-state index contributed by atoms with van der Waals surface area (Å²) >= 11 is 0. The van der Waals surface area contributed by atoms with Crippen molar-refractivity contribution in [3.8, 4) is 0 Å². The van der Waals surface area contributed by atoms with Gasteiger partial charge in [-0.05, 0) is 155 Å². The number of ketones is 1. The second kappa shape index (κ2) is 32.3. The summed E-state index contributed by atoms with van der Waals surface area (Å²) in [4.78, 5) is 19.4. The predicted octanol–water partition coefficient (Wildman–Crippen LogP) is 21.3. The van der Waals surface area contributed by atoms with E-state index in [1.807, 2.05) is 14.0 Å². The molecular weight excluding hydrogens is 1330 g/mol. The average molecular weight is 1470 g/mol. The molecule has 5 nitrogen and oxygen atoms in total. The summed E-state index contributed by atoms with van der Waals surface area (Å²) in [5.74, 6) is 0.502. The second-order valence-corrected chi connectivity index (χ2v) is 50.7. The van der Waals surface area contributed by atoms with Crippen LogP contribution in [0.5, 0.6) is 0 Å². The van der Waals surface area contributed by atoms with Gasteiger partial charge in [-0.15, -0.1) is 0 Å². The van der Waals surface area contributed by atoms with E-state index < -0.39 is 5.60 Å². The van der Waals surface area contributed by atoms with Crippen molar-refractivity contribution < 1.29 is 24.5 Å². The maximum absolute atomic E-state index is 11.7. The number of Topliss-reactive ketones (excluding diaryl/α,β-unsaturated/α-hetero) is 1. The molecule has 101 heavy (non-hydrogen) atoms. The lowest BCUT2D eigenvalue weighted by Crippen LogP contribution is -2.47. The molecule has 0 radical (unpaired) electrons. The van der Waals surface area contributed by atoms with E-state index >= 15 is 0 Å². The van der Waals surface area contributed by atoms with E-state index in [4.69, 9.17) is 9.47 Å². The van der Waals surface area contributed by atoms with Gasteiger partial charge in [0.2, 0.25) is 0 Å². The third-order valence-electron chi connectivity index (χ3n) is 24.2. The first-order chi connectivity index (χ1) is 47.5. The number of carbonyl (C=O) groups excluding carboxylic acids is 1. The first kappa shape index (κ1) is 79.4. The van der Waals surface area contributed by atoms with Gasteiger partial charge in [-0.3, -0.25) is 4.79 Å². The van der Waals surface area contributed by atoms with Crippen LogP contribution < -0.4 is 0 Å². The van der Waals surface area contributed by atoms with Gasteiger partial charge in [0.15, 0.2) is 24.5 Å². The molecule has 554 valence electrons. The van der Waals surface area contributed by atoms with Crippen molar-refractivity contribution in [2.75, 3.05) is 13.7 Å². The minimum atomic E-state index is -0.478. The molecule has 10 aliphatic rings. The smallest absolute Gasteiger partial charge is 0.155 e. The number of rotatable bonds is 8. The molecule has 12 unspecified atom stereocenters. The number of ether oxygens (including phenoxy) is 2. The van der Waals surface area contributed by atoms with Crippen molar-refractivity contribution in [2.45, 2.75) is 387 Å². The fourth-order valence-corrected chi connectivity index (χ4v) is 35.8. The first-order valence-corrected chi connectivity index (χ1v) is 46.5. The van der Waals surface area contributed by atoms with E-state index in [9.17, 15) is 15.0 Å². The minimum absolute atomic E-state index is 0.0323. The third-order valence-corrected chi connectivity index (χ3v) is 39.5. The molecule has 0 aliphatic carbocycles. The van der Waals surface area contributed by atoms with Crippen molar-refractivity contribution in [3.05, 3.63) is 149 Å². The molecule has 10 fully saturated rings. The predicted molar refractivity (Wildman–Crippen MR) is 441 cm³/mol.